The molecule has 0 atom stereocenters. The molecule has 0 saturated heterocycles. The summed E-state index contributed by atoms with van der Waals surface area (Å²) in [6.45, 7) is 5.45. The summed E-state index contributed by atoms with van der Waals surface area (Å²) in [5.74, 6) is -0.251. The fourth-order valence-electron chi connectivity index (χ4n) is 2.09. The van der Waals surface area contributed by atoms with E-state index in [0.29, 0.717) is 18.4 Å². The second-order valence-electron chi connectivity index (χ2n) is 5.30. The van der Waals surface area contributed by atoms with Crippen LogP contribution in [0.2, 0.25) is 0 Å². The van der Waals surface area contributed by atoms with E-state index in [9.17, 15) is 12.8 Å². The zero-order valence-electron chi connectivity index (χ0n) is 13.0. The quantitative estimate of drug-likeness (QED) is 0.690. The Balaban J connectivity index is 2.25. The number of allylic oxidation sites excluding steroid dienone is 2. The van der Waals surface area contributed by atoms with Crippen LogP contribution in [-0.4, -0.2) is 8.42 Å². The third kappa shape index (κ3) is 4.39. The van der Waals surface area contributed by atoms with Crippen molar-refractivity contribution in [2.24, 2.45) is 0 Å². The number of hydrogen-bond acceptors (Lipinski definition) is 2. The van der Waals surface area contributed by atoms with Crippen molar-refractivity contribution in [1.29, 1.82) is 0 Å². The normalized spacial score (nSPS) is 12.2. The van der Waals surface area contributed by atoms with E-state index in [0.717, 1.165) is 5.56 Å². The van der Waals surface area contributed by atoms with Crippen molar-refractivity contribution in [3.8, 4) is 0 Å². The molecule has 2 rings (SSSR count). The Morgan fingerprint density at radius 2 is 1.57 bits per heavy atom. The molecule has 0 amide bonds. The predicted molar refractivity (Wildman–Crippen MR) is 91.6 cm³/mol. The van der Waals surface area contributed by atoms with Crippen LogP contribution < -0.4 is 0 Å². The fourth-order valence-corrected chi connectivity index (χ4v) is 3.35. The first-order valence-corrected chi connectivity index (χ1v) is 8.80. The van der Waals surface area contributed by atoms with E-state index in [1.807, 2.05) is 6.92 Å². The van der Waals surface area contributed by atoms with Crippen LogP contribution in [0.25, 0.3) is 6.08 Å². The second-order valence-corrected chi connectivity index (χ2v) is 7.25. The molecular weight excluding hydrogens is 311 g/mol. The van der Waals surface area contributed by atoms with Crippen molar-refractivity contribution >= 4 is 15.9 Å². The van der Waals surface area contributed by atoms with Crippen molar-refractivity contribution in [3.05, 3.63) is 78.1 Å². The average Bonchev–Trinajstić information content (AvgIpc) is 2.54. The molecule has 0 unspecified atom stereocenters. The molecule has 0 aromatic heterocycles. The van der Waals surface area contributed by atoms with E-state index >= 15 is 0 Å². The Morgan fingerprint density at radius 3 is 2.09 bits per heavy atom. The SMILES string of the molecule is C=CCC/C(F)=C/c1ccc(S(=O)(=O)c2ccc(C)cc2)cc1. The standard InChI is InChI=1S/C19H19FO2S/c1-3-4-5-17(20)14-16-8-12-19(13-9-16)23(21,22)18-10-6-15(2)7-11-18/h3,6-14H,1,4-5H2,2H3/b17-14-. The molecular formula is C19H19FO2S. The molecule has 2 aromatic rings. The lowest BCUT2D eigenvalue weighted by molar-refractivity contribution is 0.596. The van der Waals surface area contributed by atoms with Gasteiger partial charge in [-0.1, -0.05) is 35.9 Å². The number of halogens is 1. The van der Waals surface area contributed by atoms with Gasteiger partial charge in [0.15, 0.2) is 0 Å². The van der Waals surface area contributed by atoms with Gasteiger partial charge < -0.3 is 0 Å². The van der Waals surface area contributed by atoms with Crippen molar-refractivity contribution in [3.63, 3.8) is 0 Å². The van der Waals surface area contributed by atoms with Crippen molar-refractivity contribution in [1.82, 2.24) is 0 Å². The molecule has 0 aliphatic rings. The van der Waals surface area contributed by atoms with E-state index in [2.05, 4.69) is 6.58 Å². The smallest absolute Gasteiger partial charge is 0.206 e. The highest BCUT2D eigenvalue weighted by Gasteiger charge is 2.16. The summed E-state index contributed by atoms with van der Waals surface area (Å²) in [5.41, 5.74) is 1.63. The number of rotatable bonds is 6. The molecule has 0 spiro atoms. The van der Waals surface area contributed by atoms with Gasteiger partial charge in [-0.05, 0) is 49.2 Å². The first-order chi connectivity index (χ1) is 10.9. The second kappa shape index (κ2) is 7.38. The van der Waals surface area contributed by atoms with E-state index in [-0.39, 0.29) is 15.6 Å². The minimum atomic E-state index is -3.54. The topological polar surface area (TPSA) is 34.1 Å². The zero-order valence-corrected chi connectivity index (χ0v) is 13.8. The summed E-state index contributed by atoms with van der Waals surface area (Å²) < 4.78 is 38.6. The molecule has 0 aliphatic heterocycles. The third-order valence-corrected chi connectivity index (χ3v) is 5.22. The maximum atomic E-state index is 13.6. The number of benzene rings is 2. The summed E-state index contributed by atoms with van der Waals surface area (Å²) >= 11 is 0. The van der Waals surface area contributed by atoms with Gasteiger partial charge in [0.05, 0.1) is 9.79 Å². The Bertz CT molecular complexity index is 801. The van der Waals surface area contributed by atoms with E-state index in [1.165, 1.54) is 18.2 Å². The van der Waals surface area contributed by atoms with Crippen molar-refractivity contribution < 1.29 is 12.8 Å². The largest absolute Gasteiger partial charge is 0.219 e. The van der Waals surface area contributed by atoms with Crippen molar-refractivity contribution in [2.45, 2.75) is 29.6 Å². The lowest BCUT2D eigenvalue weighted by atomic mass is 10.2. The summed E-state index contributed by atoms with van der Waals surface area (Å²) in [5, 5.41) is 0. The fraction of sp³-hybridized carbons (Fsp3) is 0.158. The molecule has 0 radical (unpaired) electrons. The van der Waals surface area contributed by atoms with Crippen LogP contribution in [0.4, 0.5) is 4.39 Å². The zero-order chi connectivity index (χ0) is 16.9. The van der Waals surface area contributed by atoms with Gasteiger partial charge in [0, 0.05) is 6.42 Å². The van der Waals surface area contributed by atoms with Gasteiger partial charge in [-0.15, -0.1) is 6.58 Å². The van der Waals surface area contributed by atoms with Gasteiger partial charge in [0.1, 0.15) is 5.83 Å². The first-order valence-electron chi connectivity index (χ1n) is 7.32. The minimum absolute atomic E-state index is 0.199. The highest BCUT2D eigenvalue weighted by atomic mass is 32.2. The average molecular weight is 330 g/mol. The van der Waals surface area contributed by atoms with E-state index in [4.69, 9.17) is 0 Å². The van der Waals surface area contributed by atoms with Crippen LogP contribution in [-0.2, 0) is 9.84 Å². The minimum Gasteiger partial charge on any atom is -0.219 e. The molecule has 23 heavy (non-hydrogen) atoms. The van der Waals surface area contributed by atoms with Crippen LogP contribution in [0.5, 0.6) is 0 Å². The molecule has 0 saturated carbocycles. The molecule has 2 aromatic carbocycles. The van der Waals surface area contributed by atoms with Crippen LogP contribution in [0, 0.1) is 6.92 Å². The molecule has 2 nitrogen and oxygen atoms in total. The molecule has 0 bridgehead atoms. The number of hydrogen-bond donors (Lipinski definition) is 0. The van der Waals surface area contributed by atoms with Crippen LogP contribution >= 0.6 is 0 Å². The molecule has 120 valence electrons. The van der Waals surface area contributed by atoms with E-state index in [1.54, 1.807) is 42.5 Å². The summed E-state index contributed by atoms with van der Waals surface area (Å²) in [6.07, 6.45) is 3.94. The molecule has 0 N–H and O–H groups in total. The molecule has 0 heterocycles. The lowest BCUT2D eigenvalue weighted by Crippen LogP contribution is -2.01. The highest BCUT2D eigenvalue weighted by molar-refractivity contribution is 7.91. The predicted octanol–water partition coefficient (Wildman–Crippen LogP) is 5.10. The lowest BCUT2D eigenvalue weighted by Gasteiger charge is -2.05. The van der Waals surface area contributed by atoms with E-state index < -0.39 is 9.84 Å². The summed E-state index contributed by atoms with van der Waals surface area (Å²) in [6, 6.07) is 12.9. The van der Waals surface area contributed by atoms with Crippen LogP contribution in [0.1, 0.15) is 24.0 Å². The summed E-state index contributed by atoms with van der Waals surface area (Å²) in [4.78, 5) is 0.452. The van der Waals surface area contributed by atoms with Crippen molar-refractivity contribution in [2.75, 3.05) is 0 Å². The van der Waals surface area contributed by atoms with Gasteiger partial charge in [-0.3, -0.25) is 0 Å². The van der Waals surface area contributed by atoms with Crippen LogP contribution in [0.3, 0.4) is 0 Å². The Morgan fingerprint density at radius 1 is 1.04 bits per heavy atom. The Kier molecular flexibility index (Phi) is 5.50. The van der Waals surface area contributed by atoms with Gasteiger partial charge in [-0.2, -0.15) is 0 Å². The maximum Gasteiger partial charge on any atom is 0.206 e. The first kappa shape index (κ1) is 17.2. The Labute approximate surface area is 136 Å². The summed E-state index contributed by atoms with van der Waals surface area (Å²) in [7, 11) is -3.54. The van der Waals surface area contributed by atoms with Crippen LogP contribution in [0.15, 0.2) is 76.8 Å². The van der Waals surface area contributed by atoms with Gasteiger partial charge >= 0.3 is 0 Å². The van der Waals surface area contributed by atoms with Gasteiger partial charge in [0.25, 0.3) is 0 Å². The van der Waals surface area contributed by atoms with Gasteiger partial charge in [0.2, 0.25) is 9.84 Å². The molecule has 4 heteroatoms. The molecule has 0 aliphatic carbocycles. The number of aryl methyl sites for hydroxylation is 1. The number of sulfone groups is 1. The monoisotopic (exact) mass is 330 g/mol. The Hall–Kier alpha value is -2.20. The maximum absolute atomic E-state index is 13.6. The van der Waals surface area contributed by atoms with Gasteiger partial charge in [-0.25, -0.2) is 12.8 Å². The molecule has 0 fully saturated rings. The third-order valence-electron chi connectivity index (χ3n) is 3.43. The highest BCUT2D eigenvalue weighted by Crippen LogP contribution is 2.22.